The fourth-order valence-electron chi connectivity index (χ4n) is 3.37. The molecule has 0 radical (unpaired) electrons. The summed E-state index contributed by atoms with van der Waals surface area (Å²) in [7, 11) is 0. The highest BCUT2D eigenvalue weighted by Gasteiger charge is 2.27. The Morgan fingerprint density at radius 2 is 2.08 bits per heavy atom. The fraction of sp³-hybridized carbons (Fsp3) is 0.421. The molecule has 1 aromatic carbocycles. The van der Waals surface area contributed by atoms with Crippen LogP contribution in [0.1, 0.15) is 37.0 Å². The first-order valence-corrected chi connectivity index (χ1v) is 8.91. The number of esters is 1. The van der Waals surface area contributed by atoms with Crippen LogP contribution in [0.2, 0.25) is 0 Å². The van der Waals surface area contributed by atoms with Crippen LogP contribution in [0.25, 0.3) is 22.2 Å². The number of hydrogen-bond acceptors (Lipinski definition) is 6. The number of anilines is 1. The highest BCUT2D eigenvalue weighted by atomic mass is 16.5. The maximum Gasteiger partial charge on any atom is 0.344 e. The molecule has 1 saturated heterocycles. The summed E-state index contributed by atoms with van der Waals surface area (Å²) in [6.07, 6.45) is 1.81. The van der Waals surface area contributed by atoms with E-state index in [9.17, 15) is 4.79 Å². The van der Waals surface area contributed by atoms with Gasteiger partial charge in [-0.05, 0) is 38.8 Å². The molecule has 136 valence electrons. The maximum absolute atomic E-state index is 12.7. The number of rotatable bonds is 4. The van der Waals surface area contributed by atoms with E-state index in [1.807, 2.05) is 28.8 Å². The van der Waals surface area contributed by atoms with Crippen molar-refractivity contribution in [3.05, 3.63) is 29.8 Å². The molecule has 7 nitrogen and oxygen atoms in total. The van der Waals surface area contributed by atoms with E-state index in [1.165, 1.54) is 0 Å². The Morgan fingerprint density at radius 1 is 1.35 bits per heavy atom. The second-order valence-corrected chi connectivity index (χ2v) is 6.84. The van der Waals surface area contributed by atoms with Gasteiger partial charge in [-0.1, -0.05) is 12.1 Å². The normalized spacial score (nSPS) is 17.4. The number of aromatic nitrogens is 3. The van der Waals surface area contributed by atoms with Crippen LogP contribution < -0.4 is 5.73 Å². The minimum atomic E-state index is -0.474. The molecule has 1 aliphatic rings. The third-order valence-corrected chi connectivity index (χ3v) is 4.55. The molecule has 3 aromatic rings. The van der Waals surface area contributed by atoms with E-state index in [2.05, 4.69) is 4.98 Å². The average molecular weight is 354 g/mol. The van der Waals surface area contributed by atoms with Crippen molar-refractivity contribution in [3.8, 4) is 0 Å². The monoisotopic (exact) mass is 354 g/mol. The lowest BCUT2D eigenvalue weighted by Gasteiger charge is -2.13. The topological polar surface area (TPSA) is 92.3 Å². The van der Waals surface area contributed by atoms with E-state index in [0.29, 0.717) is 29.0 Å². The molecule has 4 rings (SSSR count). The molecule has 0 spiro atoms. The van der Waals surface area contributed by atoms with Crippen LogP contribution in [-0.4, -0.2) is 39.3 Å². The standard InChI is InChI=1S/C19H22N4O3/c1-11(2)26-19(24)15-16-18(22-14-8-4-3-7-13(14)21-16)23(17(15)20)10-12-6-5-9-25-12/h3-4,7-8,11-12H,5-6,9-10,20H2,1-2H3/t12-/m0/s1. The predicted molar refractivity (Wildman–Crippen MR) is 99.0 cm³/mol. The van der Waals surface area contributed by atoms with Crippen molar-refractivity contribution in [1.82, 2.24) is 14.5 Å². The van der Waals surface area contributed by atoms with Crippen molar-refractivity contribution in [1.29, 1.82) is 0 Å². The third-order valence-electron chi connectivity index (χ3n) is 4.55. The highest BCUT2D eigenvalue weighted by Crippen LogP contribution is 2.30. The Labute approximate surface area is 151 Å². The summed E-state index contributed by atoms with van der Waals surface area (Å²) < 4.78 is 13.0. The second-order valence-electron chi connectivity index (χ2n) is 6.84. The number of hydrogen-bond donors (Lipinski definition) is 1. The summed E-state index contributed by atoms with van der Waals surface area (Å²) in [6.45, 7) is 4.91. The first-order chi connectivity index (χ1) is 12.5. The molecule has 1 aliphatic heterocycles. The number of nitrogens with two attached hydrogens (primary N) is 1. The van der Waals surface area contributed by atoms with Gasteiger partial charge in [-0.15, -0.1) is 0 Å². The van der Waals surface area contributed by atoms with Gasteiger partial charge in [0, 0.05) is 6.61 Å². The van der Waals surface area contributed by atoms with Crippen LogP contribution in [0.3, 0.4) is 0 Å². The number of nitrogen functional groups attached to an aromatic ring is 1. The molecule has 2 N–H and O–H groups in total. The van der Waals surface area contributed by atoms with Crippen LogP contribution in [0.5, 0.6) is 0 Å². The van der Waals surface area contributed by atoms with Crippen molar-refractivity contribution in [2.45, 2.75) is 45.4 Å². The SMILES string of the molecule is CC(C)OC(=O)c1c(N)n(C[C@@H]2CCCO2)c2nc3ccccc3nc12. The molecular formula is C19H22N4O3. The summed E-state index contributed by atoms with van der Waals surface area (Å²) in [5, 5.41) is 0. The van der Waals surface area contributed by atoms with Crippen LogP contribution in [0, 0.1) is 0 Å². The van der Waals surface area contributed by atoms with Gasteiger partial charge >= 0.3 is 5.97 Å². The van der Waals surface area contributed by atoms with Gasteiger partial charge in [0.25, 0.3) is 0 Å². The number of ether oxygens (including phenoxy) is 2. The summed E-state index contributed by atoms with van der Waals surface area (Å²) in [4.78, 5) is 22.0. The molecule has 2 aromatic heterocycles. The van der Waals surface area contributed by atoms with Gasteiger partial charge in [0.2, 0.25) is 0 Å². The molecule has 7 heteroatoms. The smallest absolute Gasteiger partial charge is 0.344 e. The van der Waals surface area contributed by atoms with Gasteiger partial charge < -0.3 is 19.8 Å². The number of fused-ring (bicyclic) bond motifs is 2. The molecule has 0 saturated carbocycles. The summed E-state index contributed by atoms with van der Waals surface area (Å²) in [5.74, 6) is -0.144. The van der Waals surface area contributed by atoms with Crippen molar-refractivity contribution in [3.63, 3.8) is 0 Å². The van der Waals surface area contributed by atoms with E-state index in [0.717, 1.165) is 25.0 Å². The zero-order chi connectivity index (χ0) is 18.3. The first-order valence-electron chi connectivity index (χ1n) is 8.91. The second kappa shape index (κ2) is 6.57. The minimum absolute atomic E-state index is 0.0649. The van der Waals surface area contributed by atoms with Gasteiger partial charge in [0.05, 0.1) is 29.8 Å². The molecule has 0 unspecified atom stereocenters. The molecule has 1 fully saturated rings. The van der Waals surface area contributed by atoms with E-state index in [1.54, 1.807) is 13.8 Å². The quantitative estimate of drug-likeness (QED) is 0.724. The van der Waals surface area contributed by atoms with Gasteiger partial charge in [-0.3, -0.25) is 0 Å². The number of carbonyl (C=O) groups excluding carboxylic acids is 1. The van der Waals surface area contributed by atoms with E-state index in [-0.39, 0.29) is 17.8 Å². The Hall–Kier alpha value is -2.67. The number of para-hydroxylation sites is 2. The van der Waals surface area contributed by atoms with Crippen molar-refractivity contribution in [2.24, 2.45) is 0 Å². The lowest BCUT2D eigenvalue weighted by molar-refractivity contribution is 0.0380. The van der Waals surface area contributed by atoms with Crippen LogP contribution in [-0.2, 0) is 16.0 Å². The van der Waals surface area contributed by atoms with Crippen LogP contribution in [0.4, 0.5) is 5.82 Å². The minimum Gasteiger partial charge on any atom is -0.459 e. The molecule has 0 bridgehead atoms. The summed E-state index contributed by atoms with van der Waals surface area (Å²) >= 11 is 0. The third kappa shape index (κ3) is 2.88. The molecule has 0 aliphatic carbocycles. The van der Waals surface area contributed by atoms with E-state index >= 15 is 0 Å². The average Bonchev–Trinajstić information content (AvgIpc) is 3.20. The molecule has 1 atom stereocenters. The van der Waals surface area contributed by atoms with Crippen molar-refractivity contribution >= 4 is 34.0 Å². The van der Waals surface area contributed by atoms with Gasteiger partial charge in [0.15, 0.2) is 5.65 Å². The zero-order valence-corrected chi connectivity index (χ0v) is 14.9. The van der Waals surface area contributed by atoms with Gasteiger partial charge in [0.1, 0.15) is 16.9 Å². The summed E-state index contributed by atoms with van der Waals surface area (Å²) in [5.41, 5.74) is 9.18. The number of nitrogens with zero attached hydrogens (tertiary/aromatic N) is 3. The molecule has 0 amide bonds. The first kappa shape index (κ1) is 16.8. The van der Waals surface area contributed by atoms with E-state index < -0.39 is 5.97 Å². The maximum atomic E-state index is 12.7. The Morgan fingerprint density at radius 3 is 2.73 bits per heavy atom. The van der Waals surface area contributed by atoms with Crippen molar-refractivity contribution < 1.29 is 14.3 Å². The zero-order valence-electron chi connectivity index (χ0n) is 14.9. The fourth-order valence-corrected chi connectivity index (χ4v) is 3.37. The molecule has 26 heavy (non-hydrogen) atoms. The summed E-state index contributed by atoms with van der Waals surface area (Å²) in [6, 6.07) is 7.57. The predicted octanol–water partition coefficient (Wildman–Crippen LogP) is 2.91. The Balaban J connectivity index is 1.91. The molecule has 3 heterocycles. The van der Waals surface area contributed by atoms with Gasteiger partial charge in [-0.2, -0.15) is 0 Å². The van der Waals surface area contributed by atoms with Crippen molar-refractivity contribution in [2.75, 3.05) is 12.3 Å². The van der Waals surface area contributed by atoms with Crippen LogP contribution in [0.15, 0.2) is 24.3 Å². The number of carbonyl (C=O) groups is 1. The Kier molecular flexibility index (Phi) is 4.24. The van der Waals surface area contributed by atoms with Gasteiger partial charge in [-0.25, -0.2) is 14.8 Å². The lowest BCUT2D eigenvalue weighted by atomic mass is 10.2. The molecular weight excluding hydrogens is 332 g/mol. The number of benzene rings is 1. The van der Waals surface area contributed by atoms with Crippen LogP contribution >= 0.6 is 0 Å². The Bertz CT molecular complexity index is 974. The lowest BCUT2D eigenvalue weighted by Crippen LogP contribution is -2.18. The highest BCUT2D eigenvalue weighted by molar-refractivity contribution is 6.08. The largest absolute Gasteiger partial charge is 0.459 e. The van der Waals surface area contributed by atoms with E-state index in [4.69, 9.17) is 20.2 Å².